The molecule has 0 bridgehead atoms. The van der Waals surface area contributed by atoms with Gasteiger partial charge in [-0.2, -0.15) is 25.3 Å². The van der Waals surface area contributed by atoms with Gasteiger partial charge in [0, 0.05) is 0 Å². The molecule has 0 unspecified atom stereocenters. The van der Waals surface area contributed by atoms with Crippen LogP contribution in [-0.4, -0.2) is 38.9 Å². The van der Waals surface area contributed by atoms with E-state index in [-0.39, 0.29) is 0 Å². The van der Waals surface area contributed by atoms with Crippen molar-refractivity contribution in [2.24, 2.45) is 0 Å². The highest BCUT2D eigenvalue weighted by molar-refractivity contribution is 7.90. The molecule has 0 aliphatic heterocycles. The second-order valence-corrected chi connectivity index (χ2v) is 7.23. The maximum Gasteiger partial charge on any atom is 0.329 e. The van der Waals surface area contributed by atoms with Crippen LogP contribution >= 0.6 is 12.6 Å². The first-order chi connectivity index (χ1) is 7.76. The average molecular weight is 340 g/mol. The van der Waals surface area contributed by atoms with Gasteiger partial charge in [0.25, 0.3) is 20.3 Å². The second kappa shape index (κ2) is 4.19. The lowest BCUT2D eigenvalue weighted by Crippen LogP contribution is -2.06. The van der Waals surface area contributed by atoms with Gasteiger partial charge in [0.1, 0.15) is 0 Å². The molecule has 1 rings (SSSR count). The SMILES string of the molecule is O=S(=O)(O)c1oc(S(=O)(=O)O)c(S(=O)(=O)O)c1S. The Morgan fingerprint density at radius 2 is 1.17 bits per heavy atom. The summed E-state index contributed by atoms with van der Waals surface area (Å²) in [5, 5.41) is -3.33. The Hall–Kier alpha value is -0.640. The predicted molar refractivity (Wildman–Crippen MR) is 55.4 cm³/mol. The smallest absolute Gasteiger partial charge is 0.329 e. The lowest BCUT2D eigenvalue weighted by molar-refractivity contribution is 0.325. The quantitative estimate of drug-likeness (QED) is 0.406. The summed E-state index contributed by atoms with van der Waals surface area (Å²) in [5.74, 6) is 0. The van der Waals surface area contributed by atoms with Crippen molar-refractivity contribution < 1.29 is 43.3 Å². The molecular weight excluding hydrogens is 336 g/mol. The minimum atomic E-state index is -5.31. The molecule has 1 aromatic heterocycles. The van der Waals surface area contributed by atoms with Crippen LogP contribution in [0, 0.1) is 0 Å². The van der Waals surface area contributed by atoms with Crippen LogP contribution in [0.25, 0.3) is 0 Å². The zero-order chi connectivity index (χ0) is 14.5. The van der Waals surface area contributed by atoms with Gasteiger partial charge in [0.15, 0.2) is 4.90 Å². The third kappa shape index (κ3) is 2.85. The van der Waals surface area contributed by atoms with Crippen molar-refractivity contribution in [3.63, 3.8) is 0 Å². The average Bonchev–Trinajstić information content (AvgIpc) is 2.39. The molecule has 1 heterocycles. The number of thiol groups is 1. The minimum absolute atomic E-state index is 1.19. The largest absolute Gasteiger partial charge is 0.426 e. The standard InChI is InChI=1S/C4H4O10S4/c5-16(6,7)2-1(15)3(17(8,9)10)14-4(2)18(11,12)13/h15H,(H,5,6,7)(H,8,9,10)(H,11,12,13). The molecule has 0 saturated carbocycles. The van der Waals surface area contributed by atoms with E-state index in [1.54, 1.807) is 0 Å². The molecular formula is C4H4O10S4. The van der Waals surface area contributed by atoms with Crippen molar-refractivity contribution in [3.05, 3.63) is 0 Å². The van der Waals surface area contributed by atoms with Gasteiger partial charge in [-0.25, -0.2) is 0 Å². The Bertz CT molecular complexity index is 790. The third-order valence-electron chi connectivity index (χ3n) is 1.51. The van der Waals surface area contributed by atoms with E-state index >= 15 is 0 Å². The Kier molecular flexibility index (Phi) is 3.59. The molecule has 3 N–H and O–H groups in total. The summed E-state index contributed by atoms with van der Waals surface area (Å²) in [5.41, 5.74) is 0. The van der Waals surface area contributed by atoms with Gasteiger partial charge in [-0.1, -0.05) is 0 Å². The Morgan fingerprint density at radius 1 is 0.778 bits per heavy atom. The highest BCUT2D eigenvalue weighted by atomic mass is 32.2. The monoisotopic (exact) mass is 340 g/mol. The Morgan fingerprint density at radius 3 is 1.39 bits per heavy atom. The molecule has 10 nitrogen and oxygen atoms in total. The molecule has 0 radical (unpaired) electrons. The first-order valence-electron chi connectivity index (χ1n) is 3.54. The number of hydrogen-bond acceptors (Lipinski definition) is 8. The van der Waals surface area contributed by atoms with Gasteiger partial charge in [0.05, 0.1) is 4.90 Å². The van der Waals surface area contributed by atoms with Crippen molar-refractivity contribution >= 4 is 43.0 Å². The minimum Gasteiger partial charge on any atom is -0.426 e. The molecule has 0 aromatic carbocycles. The molecule has 0 fully saturated rings. The molecule has 0 aliphatic rings. The molecule has 0 aliphatic carbocycles. The zero-order valence-corrected chi connectivity index (χ0v) is 11.2. The van der Waals surface area contributed by atoms with Crippen LogP contribution in [0.5, 0.6) is 0 Å². The van der Waals surface area contributed by atoms with Crippen molar-refractivity contribution in [1.82, 2.24) is 0 Å². The van der Waals surface area contributed by atoms with Crippen molar-refractivity contribution in [2.45, 2.75) is 20.0 Å². The summed E-state index contributed by atoms with van der Waals surface area (Å²) in [7, 11) is -15.7. The third-order valence-corrected chi connectivity index (χ3v) is 4.78. The Labute approximate surface area is 106 Å². The number of furan rings is 1. The molecule has 0 amide bonds. The molecule has 0 saturated heterocycles. The number of rotatable bonds is 3. The predicted octanol–water partition coefficient (Wildman–Crippen LogP) is -0.692. The lowest BCUT2D eigenvalue weighted by Gasteiger charge is -1.95. The van der Waals surface area contributed by atoms with Crippen LogP contribution in [-0.2, 0) is 30.4 Å². The highest BCUT2D eigenvalue weighted by Gasteiger charge is 2.37. The van der Waals surface area contributed by atoms with E-state index in [2.05, 4.69) is 17.0 Å². The van der Waals surface area contributed by atoms with Gasteiger partial charge in [-0.15, -0.1) is 12.6 Å². The summed E-state index contributed by atoms with van der Waals surface area (Å²) < 4.78 is 94.7. The van der Waals surface area contributed by atoms with Crippen molar-refractivity contribution in [1.29, 1.82) is 0 Å². The fourth-order valence-corrected chi connectivity index (χ4v) is 4.25. The van der Waals surface area contributed by atoms with Crippen molar-refractivity contribution in [3.8, 4) is 0 Å². The molecule has 104 valence electrons. The fourth-order valence-electron chi connectivity index (χ4n) is 0.940. The van der Waals surface area contributed by atoms with Gasteiger partial charge in [0.2, 0.25) is 0 Å². The van der Waals surface area contributed by atoms with E-state index < -0.39 is 50.3 Å². The first-order valence-corrected chi connectivity index (χ1v) is 8.31. The summed E-state index contributed by atoms with van der Waals surface area (Å²) in [4.78, 5) is -2.78. The van der Waals surface area contributed by atoms with E-state index in [0.717, 1.165) is 0 Å². The van der Waals surface area contributed by atoms with Crippen LogP contribution in [0.3, 0.4) is 0 Å². The van der Waals surface area contributed by atoms with Gasteiger partial charge < -0.3 is 4.42 Å². The normalized spacial score (nSPS) is 13.8. The van der Waals surface area contributed by atoms with Crippen LogP contribution in [0.1, 0.15) is 0 Å². The van der Waals surface area contributed by atoms with E-state index in [9.17, 15) is 25.3 Å². The first kappa shape index (κ1) is 15.4. The lowest BCUT2D eigenvalue weighted by atomic mass is 10.6. The topological polar surface area (TPSA) is 176 Å². The fraction of sp³-hybridized carbons (Fsp3) is 0. The van der Waals surface area contributed by atoms with Gasteiger partial charge >= 0.3 is 20.2 Å². The maximum absolute atomic E-state index is 10.9. The van der Waals surface area contributed by atoms with Gasteiger partial charge in [-0.05, 0) is 0 Å². The van der Waals surface area contributed by atoms with E-state index in [4.69, 9.17) is 13.7 Å². The second-order valence-electron chi connectivity index (χ2n) is 2.78. The summed E-state index contributed by atoms with van der Waals surface area (Å²) in [6.07, 6.45) is 0. The molecule has 1 aromatic rings. The van der Waals surface area contributed by atoms with Crippen LogP contribution in [0.4, 0.5) is 0 Å². The van der Waals surface area contributed by atoms with E-state index in [1.807, 2.05) is 0 Å². The number of hydrogen-bond donors (Lipinski definition) is 4. The maximum atomic E-state index is 10.9. The van der Waals surface area contributed by atoms with E-state index in [1.165, 1.54) is 0 Å². The summed E-state index contributed by atoms with van der Waals surface area (Å²) in [6, 6.07) is 0. The summed E-state index contributed by atoms with van der Waals surface area (Å²) in [6.45, 7) is 0. The van der Waals surface area contributed by atoms with Gasteiger partial charge in [-0.3, -0.25) is 13.7 Å². The molecule has 18 heavy (non-hydrogen) atoms. The van der Waals surface area contributed by atoms with Crippen molar-refractivity contribution in [2.75, 3.05) is 0 Å². The van der Waals surface area contributed by atoms with Crippen LogP contribution < -0.4 is 0 Å². The molecule has 0 atom stereocenters. The van der Waals surface area contributed by atoms with Crippen LogP contribution in [0.2, 0.25) is 0 Å². The highest BCUT2D eigenvalue weighted by Crippen LogP contribution is 2.35. The van der Waals surface area contributed by atoms with E-state index in [0.29, 0.717) is 0 Å². The zero-order valence-electron chi connectivity index (χ0n) is 7.87. The molecule has 0 spiro atoms. The van der Waals surface area contributed by atoms with Crippen LogP contribution in [0.15, 0.2) is 24.4 Å². The Balaban J connectivity index is 3.99. The summed E-state index contributed by atoms with van der Waals surface area (Å²) >= 11 is 3.30. The molecule has 14 heteroatoms.